The van der Waals surface area contributed by atoms with Gasteiger partial charge in [0.15, 0.2) is 20.6 Å². The Labute approximate surface area is 92.0 Å². The number of nitrogens with zero attached hydrogens (tertiary/aromatic N) is 4. The molecule has 12 heteroatoms. The van der Waals surface area contributed by atoms with Crippen LogP contribution in [0.15, 0.2) is 5.16 Å². The summed E-state index contributed by atoms with van der Waals surface area (Å²) in [5, 5.41) is 41.9. The number of hydrogen-bond acceptors (Lipinski definition) is 9. The van der Waals surface area contributed by atoms with Crippen molar-refractivity contribution in [1.29, 1.82) is 0 Å². The summed E-state index contributed by atoms with van der Waals surface area (Å²) < 4.78 is 0. The van der Waals surface area contributed by atoms with Crippen LogP contribution in [-0.2, 0) is 4.79 Å². The second kappa shape index (κ2) is 4.91. The lowest BCUT2D eigenvalue weighted by atomic mass is 10.1. The van der Waals surface area contributed by atoms with Gasteiger partial charge in [-0.15, -0.1) is 0 Å². The van der Waals surface area contributed by atoms with E-state index in [0.29, 0.717) is 0 Å². The van der Waals surface area contributed by atoms with E-state index in [1.165, 1.54) is 0 Å². The molecule has 0 bridgehead atoms. The molecule has 0 aliphatic heterocycles. The minimum absolute atomic E-state index is 0.791. The Balaban J connectivity index is 5.65. The average Bonchev–Trinajstić information content (AvgIpc) is 2.16. The lowest BCUT2D eigenvalue weighted by Crippen LogP contribution is -2.55. The maximum absolute atomic E-state index is 10.8. The Morgan fingerprint density at radius 3 is 1.71 bits per heavy atom. The van der Waals surface area contributed by atoms with Crippen molar-refractivity contribution in [2.45, 2.75) is 19.1 Å². The lowest BCUT2D eigenvalue weighted by Gasteiger charge is -2.08. The molecule has 17 heavy (non-hydrogen) atoms. The molecule has 0 unspecified atom stereocenters. The van der Waals surface area contributed by atoms with Gasteiger partial charge in [-0.05, 0) is 0 Å². The number of oxime groups is 1. The van der Waals surface area contributed by atoms with Crippen LogP contribution in [0.4, 0.5) is 0 Å². The number of hydrogen-bond donors (Lipinski definition) is 1. The molecule has 94 valence electrons. The van der Waals surface area contributed by atoms with Crippen molar-refractivity contribution in [2.75, 3.05) is 0 Å². The maximum Gasteiger partial charge on any atom is 0.705 e. The fraction of sp³-hybridized carbons (Fsp3) is 0.600. The predicted molar refractivity (Wildman–Crippen MR) is 48.2 cm³/mol. The molecular weight excluding hydrogens is 244 g/mol. The molecule has 0 aromatic rings. The second-order valence-electron chi connectivity index (χ2n) is 2.83. The van der Waals surface area contributed by atoms with Crippen molar-refractivity contribution < 1.29 is 24.8 Å². The SMILES string of the molecule is CC(=O)/C(CC([N+](=O)[O-])([N+](=O)[O-])[N+](=O)[O-])=N\O. The molecule has 1 N–H and O–H groups in total. The summed E-state index contributed by atoms with van der Waals surface area (Å²) in [6.45, 7) is 0.791. The number of nitro groups is 3. The van der Waals surface area contributed by atoms with Gasteiger partial charge in [-0.25, -0.2) is 0 Å². The van der Waals surface area contributed by atoms with E-state index >= 15 is 0 Å². The Kier molecular flexibility index (Phi) is 4.14. The van der Waals surface area contributed by atoms with Gasteiger partial charge < -0.3 is 5.21 Å². The van der Waals surface area contributed by atoms with Crippen molar-refractivity contribution >= 4 is 11.5 Å². The van der Waals surface area contributed by atoms with Gasteiger partial charge in [-0.3, -0.25) is 35.1 Å². The number of carbonyl (C=O) groups is 1. The van der Waals surface area contributed by atoms with Gasteiger partial charge in [0.1, 0.15) is 5.71 Å². The monoisotopic (exact) mass is 250 g/mol. The zero-order valence-electron chi connectivity index (χ0n) is 8.30. The average molecular weight is 250 g/mol. The van der Waals surface area contributed by atoms with Gasteiger partial charge in [-0.1, -0.05) is 5.16 Å². The molecule has 0 aliphatic rings. The molecule has 0 fully saturated rings. The Morgan fingerprint density at radius 2 is 1.53 bits per heavy atom. The second-order valence-corrected chi connectivity index (χ2v) is 2.83. The van der Waals surface area contributed by atoms with Gasteiger partial charge in [-0.2, -0.15) is 0 Å². The van der Waals surface area contributed by atoms with Crippen LogP contribution >= 0.6 is 0 Å². The molecule has 0 spiro atoms. The largest absolute Gasteiger partial charge is 0.705 e. The highest BCUT2D eigenvalue weighted by atomic mass is 16.7. The van der Waals surface area contributed by atoms with Crippen LogP contribution in [0.5, 0.6) is 0 Å². The quantitative estimate of drug-likeness (QED) is 0.210. The van der Waals surface area contributed by atoms with E-state index < -0.39 is 38.5 Å². The summed E-state index contributed by atoms with van der Waals surface area (Å²) in [6, 6.07) is 0. The smallest absolute Gasteiger partial charge is 0.411 e. The molecule has 0 saturated carbocycles. The third-order valence-corrected chi connectivity index (χ3v) is 1.81. The fourth-order valence-corrected chi connectivity index (χ4v) is 0.849. The summed E-state index contributed by atoms with van der Waals surface area (Å²) >= 11 is 0. The number of rotatable bonds is 6. The van der Waals surface area contributed by atoms with E-state index in [1.807, 2.05) is 0 Å². The molecule has 0 rings (SSSR count). The summed E-state index contributed by atoms with van der Waals surface area (Å²) in [5.74, 6) is -4.89. The topological polar surface area (TPSA) is 179 Å². The summed E-state index contributed by atoms with van der Waals surface area (Å²) in [6.07, 6.45) is -1.55. The molecule has 0 aromatic carbocycles. The van der Waals surface area contributed by atoms with Crippen LogP contribution in [0, 0.1) is 30.3 Å². The van der Waals surface area contributed by atoms with Gasteiger partial charge in [0.05, 0.1) is 0 Å². The van der Waals surface area contributed by atoms with Crippen LogP contribution < -0.4 is 0 Å². The number of ketones is 1. The zero-order chi connectivity index (χ0) is 13.8. The van der Waals surface area contributed by atoms with E-state index in [-0.39, 0.29) is 0 Å². The lowest BCUT2D eigenvalue weighted by molar-refractivity contribution is -0.968. The first-order chi connectivity index (χ1) is 7.70. The molecule has 0 amide bonds. The fourth-order valence-electron chi connectivity index (χ4n) is 0.849. The molecule has 0 radical (unpaired) electrons. The molecule has 0 saturated heterocycles. The molecule has 0 atom stereocenters. The standard InChI is InChI=1S/C5H6N4O8/c1-3(10)4(6-11)2-5(7(12)13,8(14)15)9(16)17/h11H,2H2,1H3/b6-4-. The summed E-state index contributed by atoms with van der Waals surface area (Å²) in [4.78, 5) is 36.8. The molecule has 0 aromatic heterocycles. The van der Waals surface area contributed by atoms with Crippen molar-refractivity contribution in [3.05, 3.63) is 30.3 Å². The molecule has 0 heterocycles. The molecule has 12 nitrogen and oxygen atoms in total. The normalized spacial score (nSPS) is 11.9. The molecular formula is C5H6N4O8. The van der Waals surface area contributed by atoms with Gasteiger partial charge in [0.2, 0.25) is 6.42 Å². The first-order valence-corrected chi connectivity index (χ1v) is 3.85. The molecule has 0 aliphatic carbocycles. The van der Waals surface area contributed by atoms with Crippen molar-refractivity contribution in [3.8, 4) is 0 Å². The first-order valence-electron chi connectivity index (χ1n) is 3.85. The highest BCUT2D eigenvalue weighted by Crippen LogP contribution is 2.18. The Hall–Kier alpha value is -2.66. The van der Waals surface area contributed by atoms with Crippen LogP contribution in [0.2, 0.25) is 0 Å². The maximum atomic E-state index is 10.8. The van der Waals surface area contributed by atoms with Crippen LogP contribution in [0.3, 0.4) is 0 Å². The van der Waals surface area contributed by atoms with Gasteiger partial charge in [0.25, 0.3) is 0 Å². The minimum atomic E-state index is -3.84. The zero-order valence-corrected chi connectivity index (χ0v) is 8.30. The van der Waals surface area contributed by atoms with Gasteiger partial charge in [0, 0.05) is 6.92 Å². The highest BCUT2D eigenvalue weighted by molar-refractivity contribution is 6.38. The van der Waals surface area contributed by atoms with E-state index in [2.05, 4.69) is 5.16 Å². The minimum Gasteiger partial charge on any atom is -0.411 e. The van der Waals surface area contributed by atoms with E-state index in [9.17, 15) is 35.1 Å². The van der Waals surface area contributed by atoms with Crippen LogP contribution in [0.25, 0.3) is 0 Å². The summed E-state index contributed by atoms with van der Waals surface area (Å²) in [5.41, 5.74) is -1.03. The van der Waals surface area contributed by atoms with Crippen molar-refractivity contribution in [1.82, 2.24) is 0 Å². The predicted octanol–water partition coefficient (Wildman–Crippen LogP) is -0.720. The number of carbonyl (C=O) groups excluding carboxylic acids is 1. The van der Waals surface area contributed by atoms with Gasteiger partial charge >= 0.3 is 5.79 Å². The van der Waals surface area contributed by atoms with E-state index in [4.69, 9.17) is 5.21 Å². The van der Waals surface area contributed by atoms with Crippen molar-refractivity contribution in [3.63, 3.8) is 0 Å². The Morgan fingerprint density at radius 1 is 1.18 bits per heavy atom. The first kappa shape index (κ1) is 14.3. The third kappa shape index (κ3) is 2.47. The van der Waals surface area contributed by atoms with E-state index in [1.54, 1.807) is 0 Å². The van der Waals surface area contributed by atoms with Crippen LogP contribution in [-0.4, -0.2) is 37.3 Å². The highest BCUT2D eigenvalue weighted by Gasteiger charge is 2.71. The van der Waals surface area contributed by atoms with E-state index in [0.717, 1.165) is 6.92 Å². The third-order valence-electron chi connectivity index (χ3n) is 1.81. The van der Waals surface area contributed by atoms with Crippen LogP contribution in [0.1, 0.15) is 13.3 Å². The number of Topliss-reactive ketones (excluding diaryl/α,β-unsaturated/α-hetero) is 1. The Bertz CT molecular complexity index is 378. The van der Waals surface area contributed by atoms with Crippen molar-refractivity contribution in [2.24, 2.45) is 5.16 Å². The summed E-state index contributed by atoms with van der Waals surface area (Å²) in [7, 11) is 0.